The lowest BCUT2D eigenvalue weighted by Crippen LogP contribution is -2.27. The molecule has 0 aliphatic carbocycles. The molecule has 1 atom stereocenters. The molecule has 0 aliphatic rings. The minimum Gasteiger partial charge on any atom is -0.352 e. The van der Waals surface area contributed by atoms with Crippen LogP contribution < -0.4 is 48.7 Å². The van der Waals surface area contributed by atoms with Gasteiger partial charge in [0.1, 0.15) is 26.9 Å². The first-order valence-corrected chi connectivity index (χ1v) is 29.8. The number of anilines is 9. The third kappa shape index (κ3) is 17.5. The lowest BCUT2D eigenvalue weighted by molar-refractivity contribution is -0.116. The summed E-state index contributed by atoms with van der Waals surface area (Å²) in [6.07, 6.45) is -2.49. The Morgan fingerprint density at radius 2 is 1.13 bits per heavy atom. The zero-order valence-corrected chi connectivity index (χ0v) is 46.8. The van der Waals surface area contributed by atoms with Gasteiger partial charge in [0.15, 0.2) is 9.84 Å². The number of azo groups is 2. The van der Waals surface area contributed by atoms with Gasteiger partial charge in [0.2, 0.25) is 29.7 Å². The smallest absolute Gasteiger partial charge is 0.316 e. The average molecular weight is 1250 g/mol. The largest absolute Gasteiger partial charge is 0.352 e. The van der Waals surface area contributed by atoms with Crippen LogP contribution in [0.15, 0.2) is 126 Å². The summed E-state index contributed by atoms with van der Waals surface area (Å²) in [5.74, 6) is -1.98. The molecule has 0 spiro atoms. The maximum Gasteiger partial charge on any atom is 0.316 e. The topological polar surface area (TPSA) is 511 Å². The molecule has 0 saturated carbocycles. The monoisotopic (exact) mass is 1250 g/mol. The van der Waals surface area contributed by atoms with Crippen LogP contribution in [0, 0.1) is 19.1 Å². The van der Waals surface area contributed by atoms with Crippen LogP contribution in [0.5, 0.6) is 0 Å². The summed E-state index contributed by atoms with van der Waals surface area (Å²) in [5, 5.41) is 34.4. The van der Waals surface area contributed by atoms with Crippen LogP contribution in [0.4, 0.5) is 93.3 Å². The van der Waals surface area contributed by atoms with Gasteiger partial charge in [0, 0.05) is 46.9 Å². The summed E-state index contributed by atoms with van der Waals surface area (Å²) in [6, 6.07) is 12.2. The molecule has 0 aliphatic heterocycles. The molecule has 85 heavy (non-hydrogen) atoms. The van der Waals surface area contributed by atoms with E-state index in [1.807, 2.05) is 0 Å². The van der Waals surface area contributed by atoms with Gasteiger partial charge in [-0.25, -0.2) is 18.0 Å². The second-order valence-electron chi connectivity index (χ2n) is 17.6. The minimum atomic E-state index is -5.27. The molecule has 5 aromatic carbocycles. The van der Waals surface area contributed by atoms with Crippen molar-refractivity contribution in [3.05, 3.63) is 109 Å². The van der Waals surface area contributed by atoms with E-state index in [1.54, 1.807) is 26.0 Å². The summed E-state index contributed by atoms with van der Waals surface area (Å²) in [4.78, 5) is 56.2. The number of urea groups is 2. The number of hydrogen-bond acceptors (Lipinski definition) is 25. The van der Waals surface area contributed by atoms with E-state index < -0.39 is 113 Å². The van der Waals surface area contributed by atoms with E-state index in [0.717, 1.165) is 17.5 Å². The lowest BCUT2D eigenvalue weighted by Gasteiger charge is -2.16. The summed E-state index contributed by atoms with van der Waals surface area (Å²) in [7, 11) is -19.1. The van der Waals surface area contributed by atoms with E-state index in [1.165, 1.54) is 30.3 Å². The van der Waals surface area contributed by atoms with Gasteiger partial charge < -0.3 is 48.7 Å². The predicted octanol–water partition coefficient (Wildman–Crippen LogP) is 7.03. The molecule has 1 unspecified atom stereocenters. The highest BCUT2D eigenvalue weighted by Gasteiger charge is 2.25. The fraction of sp³-hybridized carbons (Fsp3) is 0.152. The molecule has 0 saturated heterocycles. The van der Waals surface area contributed by atoms with E-state index in [9.17, 15) is 70.5 Å². The third-order valence-electron chi connectivity index (χ3n) is 11.1. The average Bonchev–Trinajstić information content (AvgIpc) is 1.18. The minimum absolute atomic E-state index is 0.0307. The number of carbonyl (C=O) groups is 3. The van der Waals surface area contributed by atoms with Crippen molar-refractivity contribution in [3.63, 3.8) is 0 Å². The van der Waals surface area contributed by atoms with Gasteiger partial charge in [-0.1, -0.05) is 12.6 Å². The van der Waals surface area contributed by atoms with Crippen LogP contribution in [0.3, 0.4) is 0 Å². The molecular weight excluding hydrogens is 1210 g/mol. The van der Waals surface area contributed by atoms with Crippen LogP contribution in [0.25, 0.3) is 10.8 Å². The molecule has 0 radical (unpaired) electrons. The molecule has 0 fully saturated rings. The molecule has 39 heteroatoms. The quantitative estimate of drug-likeness (QED) is 0.0213. The van der Waals surface area contributed by atoms with Crippen LogP contribution in [-0.4, -0.2) is 114 Å². The number of nitrogens with zero attached hydrogens (tertiary/aromatic N) is 10. The normalized spacial score (nSPS) is 12.4. The number of nitrogens with two attached hydrogens (primary N) is 2. The number of amides is 5. The van der Waals surface area contributed by atoms with Crippen molar-refractivity contribution in [2.75, 3.05) is 49.5 Å². The highest BCUT2D eigenvalue weighted by molar-refractivity contribution is 7.94. The van der Waals surface area contributed by atoms with Gasteiger partial charge in [-0.2, -0.15) is 69.1 Å². The van der Waals surface area contributed by atoms with E-state index in [4.69, 9.17) is 11.5 Å². The predicted molar refractivity (Wildman–Crippen MR) is 302 cm³/mol. The molecule has 446 valence electrons. The van der Waals surface area contributed by atoms with Gasteiger partial charge in [0.05, 0.1) is 27.7 Å². The number of primary amides is 2. The van der Waals surface area contributed by atoms with Crippen LogP contribution >= 0.6 is 0 Å². The number of halogens is 2. The zero-order valence-electron chi connectivity index (χ0n) is 43.5. The second kappa shape index (κ2) is 25.7. The Kier molecular flexibility index (Phi) is 18.9. The molecule has 7 aromatic rings. The van der Waals surface area contributed by atoms with Crippen molar-refractivity contribution < 1.29 is 70.5 Å². The number of fused-ring (bicyclic) bond motifs is 1. The number of rotatable bonds is 24. The number of benzene rings is 5. The summed E-state index contributed by atoms with van der Waals surface area (Å²) >= 11 is 0. The van der Waals surface area contributed by atoms with Gasteiger partial charge in [-0.05, 0) is 104 Å². The molecule has 2 aromatic heterocycles. The maximum absolute atomic E-state index is 14.8. The van der Waals surface area contributed by atoms with Gasteiger partial charge in [-0.3, -0.25) is 18.5 Å². The van der Waals surface area contributed by atoms with Gasteiger partial charge in [-0.15, -0.1) is 15.3 Å². The molecule has 14 N–H and O–H groups in total. The van der Waals surface area contributed by atoms with Crippen LogP contribution in [0.2, 0.25) is 0 Å². The Morgan fingerprint density at radius 3 is 1.67 bits per heavy atom. The Balaban J connectivity index is 1.02. The molecule has 5 amide bonds. The first kappa shape index (κ1) is 62.7. The van der Waals surface area contributed by atoms with Crippen molar-refractivity contribution in [1.29, 1.82) is 0 Å². The number of aryl methyl sites for hydroxylation is 1. The van der Waals surface area contributed by atoms with Gasteiger partial charge in [0.25, 0.3) is 30.4 Å². The van der Waals surface area contributed by atoms with E-state index in [0.29, 0.717) is 41.2 Å². The van der Waals surface area contributed by atoms with Crippen molar-refractivity contribution in [2.45, 2.75) is 47.4 Å². The van der Waals surface area contributed by atoms with Crippen molar-refractivity contribution in [1.82, 2.24) is 29.9 Å². The van der Waals surface area contributed by atoms with Crippen LogP contribution in [0.1, 0.15) is 25.3 Å². The zero-order chi connectivity index (χ0) is 62.2. The molecule has 2 heterocycles. The summed E-state index contributed by atoms with van der Waals surface area (Å²) in [5.41, 5.74) is 11.2. The lowest BCUT2D eigenvalue weighted by atomic mass is 10.1. The van der Waals surface area contributed by atoms with Gasteiger partial charge >= 0.3 is 24.2 Å². The van der Waals surface area contributed by atoms with E-state index in [-0.39, 0.29) is 77.1 Å². The summed E-state index contributed by atoms with van der Waals surface area (Å²) < 4.78 is 156. The van der Waals surface area contributed by atoms with E-state index in [2.05, 4.69) is 94.2 Å². The number of sulfone groups is 1. The summed E-state index contributed by atoms with van der Waals surface area (Å²) in [6.45, 7) is 6.49. The molecule has 33 nitrogen and oxygen atoms in total. The fourth-order valence-electron chi connectivity index (χ4n) is 7.31. The second-order valence-corrected chi connectivity index (χ2v) is 23.9. The number of nitrogens with one attached hydrogen (secondary N) is 7. The highest BCUT2D eigenvalue weighted by atomic mass is 32.2. The SMILES string of the molecule is C=CS(=O)(=O)CCCC(=O)Nc1ccc(C)c(N=Nc2ccc(Nc3nc(F)nc(NC(C)CNc4nc(F)nc(Nc5ccc(N=Nc6cc7c(S(=O)(=O)O)cc(S(=O)(=O)O)cc7cc6S(=O)(=O)O)c(NC(N)=O)c5)n4)n3)cc2NC(N)=O)c1. The number of aromatic nitrogens is 6. The Bertz CT molecular complexity index is 4380. The Hall–Kier alpha value is -9.93. The fourth-order valence-corrected chi connectivity index (χ4v) is 10.0. The highest BCUT2D eigenvalue weighted by Crippen LogP contribution is 2.38. The van der Waals surface area contributed by atoms with Crippen LogP contribution in [-0.2, 0) is 45.0 Å². The standard InChI is InChI=1S/C46H45F2N19O14S4/c1-4-82(71,72)13-5-6-38(68)53-25-8-7-22(2)32(16-25)66-64-30-11-9-27(18-33(30)56-41(49)69)55-46-61-40(48)59-44(63-46)52-23(3)21-51-43-58-39(47)60-45(62-43)54-26-10-12-31(34(17-26)57-42(50)70)65-67-35-20-29-24(15-37(35)85(79,80)81)14-28(83(73,74)75)19-36(29)84(76,77)78/h4,7-12,14-20,23H,1,5-6,13,21H2,2-3H3,(H,53,68)(H3,49,56,69)(H3,50,57,70)(H,73,74,75)(H,76,77,78)(H,79,80,81)(H2,51,54,58,60,62)(H2,52,55,59,61,63). The molecular formula is C46H45F2N19O14S4. The van der Waals surface area contributed by atoms with Crippen molar-refractivity contribution >= 4 is 144 Å². The maximum atomic E-state index is 14.8. The van der Waals surface area contributed by atoms with Crippen molar-refractivity contribution in [3.8, 4) is 0 Å². The Morgan fingerprint density at radius 1 is 0.612 bits per heavy atom. The number of carbonyl (C=O) groups excluding carboxylic acids is 3. The Labute approximate surface area is 479 Å². The third-order valence-corrected chi connectivity index (χ3v) is 15.1. The molecule has 7 rings (SSSR count). The first-order chi connectivity index (χ1) is 39.8. The van der Waals surface area contributed by atoms with E-state index >= 15 is 0 Å². The number of hydrogen-bond donors (Lipinski definition) is 12. The first-order valence-electron chi connectivity index (χ1n) is 23.7. The molecule has 0 bridgehead atoms. The van der Waals surface area contributed by atoms with Crippen molar-refractivity contribution in [2.24, 2.45) is 31.9 Å².